The van der Waals surface area contributed by atoms with Gasteiger partial charge in [0.05, 0.1) is 24.4 Å². The quantitative estimate of drug-likeness (QED) is 0.241. The molecule has 17 atom stereocenters. The van der Waals surface area contributed by atoms with Gasteiger partial charge in [0.2, 0.25) is 5.79 Å². The van der Waals surface area contributed by atoms with Crippen LogP contribution in [0.3, 0.4) is 0 Å². The molecule has 10 aliphatic rings. The van der Waals surface area contributed by atoms with Crippen molar-refractivity contribution in [2.24, 2.45) is 47.3 Å². The van der Waals surface area contributed by atoms with Crippen LogP contribution >= 0.6 is 0 Å². The summed E-state index contributed by atoms with van der Waals surface area (Å²) in [5.41, 5.74) is 0.234. The van der Waals surface area contributed by atoms with Gasteiger partial charge >= 0.3 is 0 Å². The number of fused-ring (bicyclic) bond motifs is 4. The molecule has 3 aliphatic carbocycles. The summed E-state index contributed by atoms with van der Waals surface area (Å²) in [5.74, 6) is 2.18. The Morgan fingerprint density at radius 3 is 1.93 bits per heavy atom. The van der Waals surface area contributed by atoms with E-state index in [2.05, 4.69) is 47.8 Å². The van der Waals surface area contributed by atoms with Gasteiger partial charge in [0.15, 0.2) is 11.9 Å². The Morgan fingerprint density at radius 1 is 0.696 bits per heavy atom. The first kappa shape index (κ1) is 32.4. The lowest BCUT2D eigenvalue weighted by molar-refractivity contribution is -0.571. The van der Waals surface area contributed by atoms with Crippen LogP contribution in [0.15, 0.2) is 24.3 Å². The van der Waals surface area contributed by atoms with Crippen molar-refractivity contribution in [2.45, 2.75) is 165 Å². The van der Waals surface area contributed by atoms with Gasteiger partial charge in [-0.2, -0.15) is 0 Å². The zero-order valence-electron chi connectivity index (χ0n) is 29.0. The van der Waals surface area contributed by atoms with E-state index in [1.165, 1.54) is 12.8 Å². The lowest BCUT2D eigenvalue weighted by Gasteiger charge is -2.61. The summed E-state index contributed by atoms with van der Waals surface area (Å²) >= 11 is 0. The number of rotatable bonds is 6. The van der Waals surface area contributed by atoms with Crippen LogP contribution < -0.4 is 0 Å². The Bertz CT molecular complexity index is 1150. The summed E-state index contributed by atoms with van der Waals surface area (Å²) in [5, 5.41) is 11.7. The van der Waals surface area contributed by atoms with Crippen LogP contribution in [0.4, 0.5) is 0 Å². The largest absolute Gasteiger partial charge is 0.384 e. The van der Waals surface area contributed by atoms with E-state index in [1.54, 1.807) is 0 Å². The first-order chi connectivity index (χ1) is 21.8. The molecule has 7 saturated heterocycles. The minimum atomic E-state index is -0.831. The molecule has 7 aliphatic heterocycles. The second kappa shape index (κ2) is 11.1. The third-order valence-corrected chi connectivity index (χ3v) is 14.8. The van der Waals surface area contributed by atoms with E-state index < -0.39 is 23.8 Å². The molecule has 0 aromatic carbocycles. The average molecular weight is 643 g/mol. The van der Waals surface area contributed by atoms with E-state index >= 15 is 0 Å². The molecule has 8 nitrogen and oxygen atoms in total. The molecule has 0 aromatic rings. The molecule has 8 heteroatoms. The summed E-state index contributed by atoms with van der Waals surface area (Å²) < 4.78 is 20.4. The summed E-state index contributed by atoms with van der Waals surface area (Å²) in [6.45, 7) is 22.3. The molecule has 258 valence electrons. The Hall–Kier alpha value is -0.840. The van der Waals surface area contributed by atoms with Gasteiger partial charge in [-0.3, -0.25) is 0 Å². The van der Waals surface area contributed by atoms with Crippen LogP contribution in [0.2, 0.25) is 0 Å². The highest BCUT2D eigenvalue weighted by molar-refractivity contribution is 5.22. The Morgan fingerprint density at radius 2 is 1.26 bits per heavy atom. The fourth-order valence-electron chi connectivity index (χ4n) is 12.0. The lowest BCUT2D eigenvalue weighted by Crippen LogP contribution is -2.70. The van der Waals surface area contributed by atoms with Crippen LogP contribution in [0.1, 0.15) is 112 Å². The van der Waals surface area contributed by atoms with Gasteiger partial charge in [-0.05, 0) is 124 Å². The van der Waals surface area contributed by atoms with Crippen molar-refractivity contribution >= 4 is 0 Å². The van der Waals surface area contributed by atoms with Crippen LogP contribution in [0.25, 0.3) is 0 Å². The van der Waals surface area contributed by atoms with Crippen LogP contribution in [0.5, 0.6) is 0 Å². The van der Waals surface area contributed by atoms with Crippen molar-refractivity contribution in [1.82, 2.24) is 0 Å². The molecule has 2 spiro atoms. The third-order valence-electron chi connectivity index (χ3n) is 14.8. The second-order valence-electron chi connectivity index (χ2n) is 17.6. The number of aliphatic hydroxyl groups is 1. The first-order valence-corrected chi connectivity index (χ1v) is 18.6. The fourth-order valence-corrected chi connectivity index (χ4v) is 12.0. The van der Waals surface area contributed by atoms with Crippen LogP contribution in [-0.4, -0.2) is 58.4 Å². The first-order valence-electron chi connectivity index (χ1n) is 18.6. The summed E-state index contributed by atoms with van der Waals surface area (Å²) in [7, 11) is 0. The molecule has 4 bridgehead atoms. The summed E-state index contributed by atoms with van der Waals surface area (Å²) in [6.07, 6.45) is 9.00. The molecule has 0 amide bonds. The van der Waals surface area contributed by atoms with Gasteiger partial charge in [0, 0.05) is 18.8 Å². The zero-order chi connectivity index (χ0) is 32.4. The second-order valence-corrected chi connectivity index (χ2v) is 17.6. The SMILES string of the molecule is C=C(C[C@H]1OC2O[C@]3(C)CC[C@H]4[C@H](C)CC[C@@H]([C@H]1C)[C@@]24OO3)C(O)C(=C)C[C@H]1O[C@@H]2C[C@]3(C)CC[C@H]4[C@H](C)CC[C@@H]([C@H]1C)[C@@]24OO3. The molecule has 10 fully saturated rings. The summed E-state index contributed by atoms with van der Waals surface area (Å²) in [6, 6.07) is 0. The maximum Gasteiger partial charge on any atom is 0.201 e. The van der Waals surface area contributed by atoms with Gasteiger partial charge < -0.3 is 19.3 Å². The smallest absolute Gasteiger partial charge is 0.201 e. The maximum atomic E-state index is 11.7. The Labute approximate surface area is 275 Å². The predicted molar refractivity (Wildman–Crippen MR) is 171 cm³/mol. The van der Waals surface area contributed by atoms with Crippen molar-refractivity contribution in [2.75, 3.05) is 0 Å². The molecule has 1 N–H and O–H groups in total. The van der Waals surface area contributed by atoms with Crippen molar-refractivity contribution in [3.63, 3.8) is 0 Å². The van der Waals surface area contributed by atoms with E-state index in [4.69, 9.17) is 33.8 Å². The van der Waals surface area contributed by atoms with E-state index in [1.807, 2.05) is 6.92 Å². The van der Waals surface area contributed by atoms with E-state index in [9.17, 15) is 5.11 Å². The van der Waals surface area contributed by atoms with Gasteiger partial charge in [0.1, 0.15) is 11.2 Å². The van der Waals surface area contributed by atoms with Gasteiger partial charge in [0.25, 0.3) is 0 Å². The van der Waals surface area contributed by atoms with Crippen molar-refractivity contribution in [3.8, 4) is 0 Å². The molecular formula is C38H58O8. The number of hydrogen-bond acceptors (Lipinski definition) is 8. The van der Waals surface area contributed by atoms with Gasteiger partial charge in [-0.15, -0.1) is 0 Å². The van der Waals surface area contributed by atoms with E-state index in [0.29, 0.717) is 42.4 Å². The third kappa shape index (κ3) is 4.60. The van der Waals surface area contributed by atoms with Crippen molar-refractivity contribution < 1.29 is 38.9 Å². The molecule has 46 heavy (non-hydrogen) atoms. The minimum absolute atomic E-state index is 0.00495. The highest BCUT2D eigenvalue weighted by Gasteiger charge is 2.70. The lowest BCUT2D eigenvalue weighted by atomic mass is 9.55. The predicted octanol–water partition coefficient (Wildman–Crippen LogP) is 7.20. The summed E-state index contributed by atoms with van der Waals surface area (Å²) in [4.78, 5) is 25.0. The average Bonchev–Trinajstić information content (AvgIpc) is 3.39. The highest BCUT2D eigenvalue weighted by atomic mass is 17.3. The molecule has 0 radical (unpaired) electrons. The molecule has 2 unspecified atom stereocenters. The molecular weight excluding hydrogens is 584 g/mol. The van der Waals surface area contributed by atoms with E-state index in [-0.39, 0.29) is 47.3 Å². The van der Waals surface area contributed by atoms with Crippen LogP contribution in [-0.2, 0) is 33.8 Å². The monoisotopic (exact) mass is 642 g/mol. The molecule has 7 heterocycles. The Kier molecular flexibility index (Phi) is 7.80. The maximum absolute atomic E-state index is 11.7. The fraction of sp³-hybridized carbons (Fsp3) is 0.895. The van der Waals surface area contributed by atoms with Gasteiger partial charge in [-0.25, -0.2) is 19.6 Å². The van der Waals surface area contributed by atoms with Crippen LogP contribution in [0, 0.1) is 47.3 Å². The minimum Gasteiger partial charge on any atom is -0.384 e. The molecule has 0 aromatic heterocycles. The normalized spacial score (nSPS) is 56.2. The molecule has 10 rings (SSSR count). The number of aliphatic hydroxyl groups excluding tert-OH is 1. The number of ether oxygens (including phenoxy) is 3. The zero-order valence-corrected chi connectivity index (χ0v) is 29.0. The van der Waals surface area contributed by atoms with Crippen molar-refractivity contribution in [3.05, 3.63) is 24.3 Å². The highest BCUT2D eigenvalue weighted by Crippen LogP contribution is 2.63. The topological polar surface area (TPSA) is 84.8 Å². The van der Waals surface area contributed by atoms with Gasteiger partial charge in [-0.1, -0.05) is 40.9 Å². The van der Waals surface area contributed by atoms with Crippen molar-refractivity contribution in [1.29, 1.82) is 0 Å². The Balaban J connectivity index is 0.962. The van der Waals surface area contributed by atoms with E-state index in [0.717, 1.165) is 56.1 Å². The molecule has 3 saturated carbocycles. The standard InChI is InChI=1S/C38H58O8/c1-20-9-11-28-24(5)30(40-32-19-35(7)15-13-26(20)37(28,32)45-43-35)17-22(3)33(39)23(4)18-31-25(6)29-12-10-21(2)27-14-16-36(8)42-34(41-31)38(27,29)46-44-36/h20-21,24-34,39H,3-4,9-19H2,1-2,5-8H3/t20-,21-,24-,25-,26+,27+,28+,29+,30-,31-,32-,33?,34?,35+,36+,37-,38-/m1/s1. The number of hydrogen-bond donors (Lipinski definition) is 1.